The average molecular weight is 369 g/mol. The first-order valence-electron chi connectivity index (χ1n) is 8.22. The van der Waals surface area contributed by atoms with Gasteiger partial charge in [-0.15, -0.1) is 0 Å². The molecule has 1 atom stereocenters. The molecule has 0 aliphatic carbocycles. The minimum absolute atomic E-state index is 0.105. The molecule has 2 N–H and O–H groups in total. The standard InChI is InChI=1S/C16H23N3O5S/c1-17-15(20)13-3-2-4-14(9-13)25(21,22)19-6-8-24-16(11-19)10-18-5-7-23-12-16/h2-4,9,18H,5-8,10-12H2,1H3,(H,17,20). The Morgan fingerprint density at radius 2 is 2.20 bits per heavy atom. The number of sulfonamides is 1. The molecule has 25 heavy (non-hydrogen) atoms. The summed E-state index contributed by atoms with van der Waals surface area (Å²) in [5.41, 5.74) is -0.369. The zero-order chi connectivity index (χ0) is 17.9. The number of hydrogen-bond donors (Lipinski definition) is 2. The highest BCUT2D eigenvalue weighted by atomic mass is 32.2. The summed E-state index contributed by atoms with van der Waals surface area (Å²) >= 11 is 0. The fourth-order valence-electron chi connectivity index (χ4n) is 3.07. The van der Waals surface area contributed by atoms with E-state index in [1.807, 2.05) is 0 Å². The largest absolute Gasteiger partial charge is 0.377 e. The van der Waals surface area contributed by atoms with Gasteiger partial charge in [-0.05, 0) is 18.2 Å². The molecule has 138 valence electrons. The summed E-state index contributed by atoms with van der Waals surface area (Å²) < 4.78 is 38.9. The summed E-state index contributed by atoms with van der Waals surface area (Å²) in [6.07, 6.45) is 0. The predicted molar refractivity (Wildman–Crippen MR) is 91.0 cm³/mol. The van der Waals surface area contributed by atoms with Crippen LogP contribution in [0, 0.1) is 0 Å². The van der Waals surface area contributed by atoms with Gasteiger partial charge in [0.1, 0.15) is 5.60 Å². The van der Waals surface area contributed by atoms with E-state index in [1.54, 1.807) is 12.1 Å². The summed E-state index contributed by atoms with van der Waals surface area (Å²) in [7, 11) is -2.22. The summed E-state index contributed by atoms with van der Waals surface area (Å²) in [6.45, 7) is 2.97. The molecule has 0 bridgehead atoms. The van der Waals surface area contributed by atoms with E-state index in [0.717, 1.165) is 0 Å². The van der Waals surface area contributed by atoms with Crippen LogP contribution in [0.5, 0.6) is 0 Å². The van der Waals surface area contributed by atoms with E-state index >= 15 is 0 Å². The van der Waals surface area contributed by atoms with Crippen LogP contribution in [0.3, 0.4) is 0 Å². The molecule has 1 spiro atoms. The molecular formula is C16H23N3O5S. The Balaban J connectivity index is 1.85. The Bertz CT molecular complexity index is 729. The molecule has 0 radical (unpaired) electrons. The molecule has 1 aromatic carbocycles. The minimum Gasteiger partial charge on any atom is -0.377 e. The molecule has 2 saturated heterocycles. The van der Waals surface area contributed by atoms with Crippen molar-refractivity contribution in [2.45, 2.75) is 10.5 Å². The first-order valence-corrected chi connectivity index (χ1v) is 9.66. The van der Waals surface area contributed by atoms with Crippen molar-refractivity contribution in [1.29, 1.82) is 0 Å². The van der Waals surface area contributed by atoms with Gasteiger partial charge in [0.25, 0.3) is 5.91 Å². The van der Waals surface area contributed by atoms with E-state index in [4.69, 9.17) is 9.47 Å². The summed E-state index contributed by atoms with van der Waals surface area (Å²) in [5, 5.41) is 5.73. The number of nitrogens with zero attached hydrogens (tertiary/aromatic N) is 1. The van der Waals surface area contributed by atoms with Crippen LogP contribution >= 0.6 is 0 Å². The van der Waals surface area contributed by atoms with Crippen LogP contribution in [-0.2, 0) is 19.5 Å². The molecule has 2 aliphatic rings. The number of nitrogens with one attached hydrogen (secondary N) is 2. The highest BCUT2D eigenvalue weighted by molar-refractivity contribution is 7.89. The van der Waals surface area contributed by atoms with Crippen LogP contribution in [0.1, 0.15) is 10.4 Å². The third kappa shape index (κ3) is 3.85. The quantitative estimate of drug-likeness (QED) is 0.740. The van der Waals surface area contributed by atoms with Crippen molar-refractivity contribution in [2.24, 2.45) is 0 Å². The molecule has 1 aromatic rings. The predicted octanol–water partition coefficient (Wildman–Crippen LogP) is -0.574. The molecule has 8 nitrogen and oxygen atoms in total. The second-order valence-corrected chi connectivity index (χ2v) is 8.14. The van der Waals surface area contributed by atoms with Crippen LogP contribution in [-0.4, -0.2) is 77.3 Å². The maximum Gasteiger partial charge on any atom is 0.251 e. The van der Waals surface area contributed by atoms with Crippen molar-refractivity contribution < 1.29 is 22.7 Å². The van der Waals surface area contributed by atoms with Crippen LogP contribution in [0.4, 0.5) is 0 Å². The lowest BCUT2D eigenvalue weighted by atomic mass is 10.0. The zero-order valence-corrected chi connectivity index (χ0v) is 15.0. The monoisotopic (exact) mass is 369 g/mol. The lowest BCUT2D eigenvalue weighted by molar-refractivity contribution is -0.118. The Morgan fingerprint density at radius 1 is 1.36 bits per heavy atom. The Labute approximate surface area is 147 Å². The smallest absolute Gasteiger partial charge is 0.251 e. The van der Waals surface area contributed by atoms with Crippen molar-refractivity contribution in [1.82, 2.24) is 14.9 Å². The highest BCUT2D eigenvalue weighted by Crippen LogP contribution is 2.25. The molecule has 2 fully saturated rings. The van der Waals surface area contributed by atoms with E-state index < -0.39 is 15.6 Å². The van der Waals surface area contributed by atoms with Crippen LogP contribution in [0.25, 0.3) is 0 Å². The number of carbonyl (C=O) groups is 1. The molecule has 2 aliphatic heterocycles. The summed E-state index contributed by atoms with van der Waals surface area (Å²) in [5.74, 6) is -0.322. The van der Waals surface area contributed by atoms with Gasteiger partial charge in [0, 0.05) is 38.8 Å². The molecule has 3 rings (SSSR count). The first-order chi connectivity index (χ1) is 12.0. The van der Waals surface area contributed by atoms with Gasteiger partial charge in [-0.2, -0.15) is 4.31 Å². The molecule has 0 aromatic heterocycles. The lowest BCUT2D eigenvalue weighted by Crippen LogP contribution is -2.59. The van der Waals surface area contributed by atoms with E-state index in [2.05, 4.69) is 10.6 Å². The highest BCUT2D eigenvalue weighted by Gasteiger charge is 2.42. The van der Waals surface area contributed by atoms with Crippen molar-refractivity contribution >= 4 is 15.9 Å². The zero-order valence-electron chi connectivity index (χ0n) is 14.2. The van der Waals surface area contributed by atoms with Crippen LogP contribution < -0.4 is 10.6 Å². The first kappa shape index (κ1) is 18.3. The average Bonchev–Trinajstić information content (AvgIpc) is 2.86. The van der Waals surface area contributed by atoms with E-state index in [0.29, 0.717) is 38.5 Å². The number of amides is 1. The van der Waals surface area contributed by atoms with Gasteiger partial charge in [-0.1, -0.05) is 6.07 Å². The Morgan fingerprint density at radius 3 is 3.00 bits per heavy atom. The van der Waals surface area contributed by atoms with Crippen LogP contribution in [0.2, 0.25) is 0 Å². The van der Waals surface area contributed by atoms with Crippen LogP contribution in [0.15, 0.2) is 29.2 Å². The van der Waals surface area contributed by atoms with Gasteiger partial charge in [-0.3, -0.25) is 4.79 Å². The van der Waals surface area contributed by atoms with Gasteiger partial charge < -0.3 is 20.1 Å². The van der Waals surface area contributed by atoms with Crippen molar-refractivity contribution in [2.75, 3.05) is 53.0 Å². The molecule has 9 heteroatoms. The van der Waals surface area contributed by atoms with E-state index in [-0.39, 0.29) is 23.9 Å². The van der Waals surface area contributed by atoms with Gasteiger partial charge in [0.05, 0.1) is 24.7 Å². The third-order valence-corrected chi connectivity index (χ3v) is 6.25. The second-order valence-electron chi connectivity index (χ2n) is 6.21. The fraction of sp³-hybridized carbons (Fsp3) is 0.562. The molecule has 1 unspecified atom stereocenters. The van der Waals surface area contributed by atoms with E-state index in [9.17, 15) is 13.2 Å². The van der Waals surface area contributed by atoms with Gasteiger partial charge in [-0.25, -0.2) is 8.42 Å². The number of benzene rings is 1. The summed E-state index contributed by atoms with van der Waals surface area (Å²) in [4.78, 5) is 11.9. The molecular weight excluding hydrogens is 346 g/mol. The van der Waals surface area contributed by atoms with E-state index in [1.165, 1.54) is 23.5 Å². The second kappa shape index (κ2) is 7.38. The maximum atomic E-state index is 13.0. The maximum absolute atomic E-state index is 13.0. The number of ether oxygens (including phenoxy) is 2. The summed E-state index contributed by atoms with van der Waals surface area (Å²) in [6, 6.07) is 6.07. The lowest BCUT2D eigenvalue weighted by Gasteiger charge is -2.41. The number of rotatable bonds is 3. The Kier molecular flexibility index (Phi) is 5.40. The number of hydrogen-bond acceptors (Lipinski definition) is 6. The molecule has 2 heterocycles. The van der Waals surface area contributed by atoms with Crippen molar-refractivity contribution in [3.8, 4) is 0 Å². The topological polar surface area (TPSA) is 97.0 Å². The van der Waals surface area contributed by atoms with Crippen molar-refractivity contribution in [3.05, 3.63) is 29.8 Å². The fourth-order valence-corrected chi connectivity index (χ4v) is 4.62. The molecule has 0 saturated carbocycles. The molecule has 1 amide bonds. The Hall–Kier alpha value is -1.52. The number of carbonyl (C=O) groups excluding carboxylic acids is 1. The van der Waals surface area contributed by atoms with Gasteiger partial charge in [0.15, 0.2) is 0 Å². The SMILES string of the molecule is CNC(=O)c1cccc(S(=O)(=O)N2CCOC3(CNCCOC3)C2)c1. The minimum atomic E-state index is -3.72. The van der Waals surface area contributed by atoms with Gasteiger partial charge in [0.2, 0.25) is 10.0 Å². The third-order valence-electron chi connectivity index (χ3n) is 4.41. The normalized spacial score (nSPS) is 25.5. The van der Waals surface area contributed by atoms with Gasteiger partial charge >= 0.3 is 0 Å². The number of morpholine rings is 1. The van der Waals surface area contributed by atoms with Crippen molar-refractivity contribution in [3.63, 3.8) is 0 Å².